The first-order chi connectivity index (χ1) is 10.0. The molecule has 2 aromatic rings. The van der Waals surface area contributed by atoms with Crippen LogP contribution in [0.3, 0.4) is 0 Å². The summed E-state index contributed by atoms with van der Waals surface area (Å²) in [6.07, 6.45) is 1.51. The van der Waals surface area contributed by atoms with Gasteiger partial charge in [0.15, 0.2) is 0 Å². The van der Waals surface area contributed by atoms with Crippen LogP contribution in [0.15, 0.2) is 36.5 Å². The molecule has 21 heavy (non-hydrogen) atoms. The lowest BCUT2D eigenvalue weighted by Gasteiger charge is -2.10. The number of halogens is 1. The molecule has 6 heteroatoms. The first kappa shape index (κ1) is 15.0. The molecule has 0 aliphatic rings. The predicted octanol–water partition coefficient (Wildman–Crippen LogP) is 2.66. The highest BCUT2D eigenvalue weighted by Gasteiger charge is 2.13. The zero-order valence-corrected chi connectivity index (χ0v) is 12.4. The van der Waals surface area contributed by atoms with Gasteiger partial charge < -0.3 is 10.6 Å². The molecule has 0 radical (unpaired) electrons. The van der Waals surface area contributed by atoms with Gasteiger partial charge in [-0.15, -0.1) is 0 Å². The Labute approximate surface area is 127 Å². The highest BCUT2D eigenvalue weighted by atomic mass is 35.5. The summed E-state index contributed by atoms with van der Waals surface area (Å²) in [4.78, 5) is 27.7. The standard InChI is InChI=1S/C15H14ClN3O2/c1-9-5-6-10(14(20)17-2)8-12(9)19-15(21)11-4-3-7-18-13(11)16/h3-8H,1-2H3,(H,17,20)(H,19,21). The molecule has 1 aromatic heterocycles. The second-order valence-electron chi connectivity index (χ2n) is 4.40. The minimum absolute atomic E-state index is 0.134. The molecule has 0 aliphatic heterocycles. The molecule has 1 aromatic carbocycles. The molecule has 0 bridgehead atoms. The number of rotatable bonds is 3. The second kappa shape index (κ2) is 6.37. The molecule has 0 atom stereocenters. The molecule has 2 rings (SSSR count). The number of carbonyl (C=O) groups is 2. The molecule has 108 valence electrons. The molecular formula is C15H14ClN3O2. The number of nitrogens with one attached hydrogen (secondary N) is 2. The lowest BCUT2D eigenvalue weighted by molar-refractivity contribution is 0.0961. The Bertz CT molecular complexity index is 701. The Morgan fingerprint density at radius 3 is 2.62 bits per heavy atom. The van der Waals surface area contributed by atoms with Gasteiger partial charge in [0.25, 0.3) is 11.8 Å². The molecule has 0 saturated heterocycles. The van der Waals surface area contributed by atoms with Crippen LogP contribution in [0, 0.1) is 6.92 Å². The maximum Gasteiger partial charge on any atom is 0.258 e. The van der Waals surface area contributed by atoms with Gasteiger partial charge in [0, 0.05) is 24.5 Å². The molecule has 2 N–H and O–H groups in total. The fourth-order valence-corrected chi connectivity index (χ4v) is 1.99. The van der Waals surface area contributed by atoms with Gasteiger partial charge in [-0.25, -0.2) is 4.98 Å². The van der Waals surface area contributed by atoms with E-state index in [1.54, 1.807) is 37.4 Å². The van der Waals surface area contributed by atoms with Crippen molar-refractivity contribution in [1.82, 2.24) is 10.3 Å². The molecule has 0 aliphatic carbocycles. The minimum Gasteiger partial charge on any atom is -0.355 e. The summed E-state index contributed by atoms with van der Waals surface area (Å²) in [5, 5.41) is 5.42. The smallest absolute Gasteiger partial charge is 0.258 e. The maximum absolute atomic E-state index is 12.2. The summed E-state index contributed by atoms with van der Waals surface area (Å²) in [7, 11) is 1.55. The van der Waals surface area contributed by atoms with Crippen molar-refractivity contribution in [3.63, 3.8) is 0 Å². The van der Waals surface area contributed by atoms with E-state index in [2.05, 4.69) is 15.6 Å². The van der Waals surface area contributed by atoms with E-state index in [0.717, 1.165) is 5.56 Å². The van der Waals surface area contributed by atoms with E-state index < -0.39 is 0 Å². The fraction of sp³-hybridized carbons (Fsp3) is 0.133. The molecule has 0 fully saturated rings. The van der Waals surface area contributed by atoms with E-state index in [1.165, 1.54) is 6.20 Å². The predicted molar refractivity (Wildman–Crippen MR) is 81.8 cm³/mol. The summed E-state index contributed by atoms with van der Waals surface area (Å²) in [5.41, 5.74) is 2.15. The number of benzene rings is 1. The summed E-state index contributed by atoms with van der Waals surface area (Å²) in [6, 6.07) is 8.31. The number of nitrogens with zero attached hydrogens (tertiary/aromatic N) is 1. The number of aromatic nitrogens is 1. The van der Waals surface area contributed by atoms with Gasteiger partial charge in [0.2, 0.25) is 0 Å². The van der Waals surface area contributed by atoms with Gasteiger partial charge in [0.1, 0.15) is 5.15 Å². The van der Waals surface area contributed by atoms with Crippen LogP contribution in [0.4, 0.5) is 5.69 Å². The number of anilines is 1. The average molecular weight is 304 g/mol. The lowest BCUT2D eigenvalue weighted by atomic mass is 10.1. The Morgan fingerprint density at radius 1 is 1.19 bits per heavy atom. The Morgan fingerprint density at radius 2 is 1.95 bits per heavy atom. The van der Waals surface area contributed by atoms with Crippen molar-refractivity contribution in [3.05, 3.63) is 58.4 Å². The first-order valence-electron chi connectivity index (χ1n) is 6.27. The zero-order chi connectivity index (χ0) is 15.4. The van der Waals surface area contributed by atoms with Crippen LogP contribution in [0.25, 0.3) is 0 Å². The van der Waals surface area contributed by atoms with Crippen molar-refractivity contribution in [2.45, 2.75) is 6.92 Å². The fourth-order valence-electron chi connectivity index (χ4n) is 1.79. The van der Waals surface area contributed by atoms with Crippen LogP contribution in [0.5, 0.6) is 0 Å². The number of aryl methyl sites for hydroxylation is 1. The van der Waals surface area contributed by atoms with E-state index in [-0.39, 0.29) is 22.5 Å². The Kier molecular flexibility index (Phi) is 4.55. The quantitative estimate of drug-likeness (QED) is 0.856. The maximum atomic E-state index is 12.2. The van der Waals surface area contributed by atoms with Crippen LogP contribution >= 0.6 is 11.6 Å². The number of pyridine rings is 1. The molecule has 0 spiro atoms. The van der Waals surface area contributed by atoms with Gasteiger partial charge in [-0.1, -0.05) is 17.7 Å². The molecular weight excluding hydrogens is 290 g/mol. The van der Waals surface area contributed by atoms with Gasteiger partial charge in [-0.05, 0) is 36.8 Å². The topological polar surface area (TPSA) is 71.1 Å². The highest BCUT2D eigenvalue weighted by molar-refractivity contribution is 6.33. The molecule has 2 amide bonds. The largest absolute Gasteiger partial charge is 0.355 e. The second-order valence-corrected chi connectivity index (χ2v) is 4.76. The Hall–Kier alpha value is -2.40. The van der Waals surface area contributed by atoms with E-state index in [1.807, 2.05) is 6.92 Å². The average Bonchev–Trinajstić information content (AvgIpc) is 2.49. The van der Waals surface area contributed by atoms with Gasteiger partial charge in [0.05, 0.1) is 5.56 Å². The van der Waals surface area contributed by atoms with Crippen LogP contribution in [-0.4, -0.2) is 23.8 Å². The normalized spacial score (nSPS) is 10.0. The van der Waals surface area contributed by atoms with Crippen molar-refractivity contribution in [2.24, 2.45) is 0 Å². The Balaban J connectivity index is 2.29. The van der Waals surface area contributed by atoms with Gasteiger partial charge >= 0.3 is 0 Å². The highest BCUT2D eigenvalue weighted by Crippen LogP contribution is 2.19. The van der Waals surface area contributed by atoms with E-state index in [4.69, 9.17) is 11.6 Å². The molecule has 1 heterocycles. The molecule has 5 nitrogen and oxygen atoms in total. The van der Waals surface area contributed by atoms with Crippen molar-refractivity contribution >= 4 is 29.1 Å². The summed E-state index contributed by atoms with van der Waals surface area (Å²) < 4.78 is 0. The lowest BCUT2D eigenvalue weighted by Crippen LogP contribution is -2.19. The van der Waals surface area contributed by atoms with Crippen LogP contribution in [0.2, 0.25) is 5.15 Å². The van der Waals surface area contributed by atoms with Crippen molar-refractivity contribution in [1.29, 1.82) is 0 Å². The number of hydrogen-bond acceptors (Lipinski definition) is 3. The third-order valence-electron chi connectivity index (χ3n) is 2.98. The monoisotopic (exact) mass is 303 g/mol. The van der Waals surface area contributed by atoms with Crippen LogP contribution < -0.4 is 10.6 Å². The third kappa shape index (κ3) is 3.38. The van der Waals surface area contributed by atoms with Gasteiger partial charge in [-0.2, -0.15) is 0 Å². The summed E-state index contributed by atoms with van der Waals surface area (Å²) >= 11 is 5.89. The summed E-state index contributed by atoms with van der Waals surface area (Å²) in [6.45, 7) is 1.84. The van der Waals surface area contributed by atoms with Crippen molar-refractivity contribution in [2.75, 3.05) is 12.4 Å². The van der Waals surface area contributed by atoms with E-state index >= 15 is 0 Å². The molecule has 0 saturated carbocycles. The first-order valence-corrected chi connectivity index (χ1v) is 6.65. The van der Waals surface area contributed by atoms with Crippen LogP contribution in [0.1, 0.15) is 26.3 Å². The number of amides is 2. The molecule has 0 unspecified atom stereocenters. The number of hydrogen-bond donors (Lipinski definition) is 2. The third-order valence-corrected chi connectivity index (χ3v) is 3.28. The van der Waals surface area contributed by atoms with Crippen molar-refractivity contribution in [3.8, 4) is 0 Å². The van der Waals surface area contributed by atoms with Gasteiger partial charge in [-0.3, -0.25) is 9.59 Å². The SMILES string of the molecule is CNC(=O)c1ccc(C)c(NC(=O)c2cccnc2Cl)c1. The van der Waals surface area contributed by atoms with E-state index in [0.29, 0.717) is 11.3 Å². The summed E-state index contributed by atoms with van der Waals surface area (Å²) in [5.74, 6) is -0.588. The number of carbonyl (C=O) groups excluding carboxylic acids is 2. The van der Waals surface area contributed by atoms with Crippen LogP contribution in [-0.2, 0) is 0 Å². The zero-order valence-electron chi connectivity index (χ0n) is 11.6. The van der Waals surface area contributed by atoms with E-state index in [9.17, 15) is 9.59 Å². The minimum atomic E-state index is -0.370. The van der Waals surface area contributed by atoms with Crippen molar-refractivity contribution < 1.29 is 9.59 Å².